The molecule has 5 rings (SSSR count). The smallest absolute Gasteiger partial charge is 0.00170 e. The van der Waals surface area contributed by atoms with Gasteiger partial charge in [0.05, 0.1) is 0 Å². The summed E-state index contributed by atoms with van der Waals surface area (Å²) < 4.78 is 0. The average Bonchev–Trinajstić information content (AvgIpc) is 3.50. The average molecular weight is 431 g/mol. The van der Waals surface area contributed by atoms with Crippen LogP contribution in [0.3, 0.4) is 0 Å². The standard InChI is InChI=1S/C14H10.C6H8S.C5H6.C3H8.C2H6/c1-2-6-12-10-14-8-4-3-7-13(14)9-11(12)5-1;1-5-3-4-6(2)7-5;1-2-4-5-3-1;1-3-2;1-2/h1-10H;3-4H,1-2H3;1-4H,5H2;3H2,1-2H3;1-2H3. The van der Waals surface area contributed by atoms with Gasteiger partial charge in [0, 0.05) is 9.75 Å². The highest BCUT2D eigenvalue weighted by Gasteiger charge is 1.95. The van der Waals surface area contributed by atoms with E-state index in [2.05, 4.69) is 125 Å². The fourth-order valence-electron chi connectivity index (χ4n) is 2.83. The van der Waals surface area contributed by atoms with Crippen molar-refractivity contribution in [2.45, 2.75) is 54.4 Å². The Morgan fingerprint density at radius 1 is 0.613 bits per heavy atom. The quantitative estimate of drug-likeness (QED) is 0.243. The van der Waals surface area contributed by atoms with Gasteiger partial charge in [0.2, 0.25) is 0 Å². The van der Waals surface area contributed by atoms with Crippen LogP contribution in [0, 0.1) is 13.8 Å². The maximum atomic E-state index is 2.24. The normalized spacial score (nSPS) is 10.6. The lowest BCUT2D eigenvalue weighted by Crippen LogP contribution is -1.74. The summed E-state index contributed by atoms with van der Waals surface area (Å²) in [6.45, 7) is 12.5. The van der Waals surface area contributed by atoms with E-state index in [-0.39, 0.29) is 0 Å². The van der Waals surface area contributed by atoms with Crippen LogP contribution < -0.4 is 0 Å². The van der Waals surface area contributed by atoms with Crippen LogP contribution in [0.5, 0.6) is 0 Å². The number of fused-ring (bicyclic) bond motifs is 2. The molecule has 0 fully saturated rings. The maximum Gasteiger partial charge on any atom is 0.00170 e. The van der Waals surface area contributed by atoms with Gasteiger partial charge >= 0.3 is 0 Å². The molecule has 0 unspecified atom stereocenters. The first kappa shape index (κ1) is 26.4. The number of benzene rings is 3. The van der Waals surface area contributed by atoms with Crippen molar-refractivity contribution in [2.75, 3.05) is 0 Å². The van der Waals surface area contributed by atoms with Crippen LogP contribution in [0.4, 0.5) is 0 Å². The second-order valence-electron chi connectivity index (χ2n) is 7.00. The van der Waals surface area contributed by atoms with Crippen LogP contribution in [0.25, 0.3) is 21.5 Å². The molecule has 1 heteroatoms. The van der Waals surface area contributed by atoms with E-state index in [0.29, 0.717) is 0 Å². The van der Waals surface area contributed by atoms with Gasteiger partial charge in [0.1, 0.15) is 0 Å². The highest BCUT2D eigenvalue weighted by Crippen LogP contribution is 2.22. The third-order valence-electron chi connectivity index (χ3n) is 4.14. The van der Waals surface area contributed by atoms with Crippen molar-refractivity contribution in [1.82, 2.24) is 0 Å². The zero-order valence-electron chi connectivity index (χ0n) is 20.1. The molecule has 3 aromatic carbocycles. The van der Waals surface area contributed by atoms with Gasteiger partial charge in [0.15, 0.2) is 0 Å². The predicted molar refractivity (Wildman–Crippen MR) is 145 cm³/mol. The van der Waals surface area contributed by atoms with E-state index in [0.717, 1.165) is 6.42 Å². The Hall–Kier alpha value is -2.64. The third-order valence-corrected chi connectivity index (χ3v) is 5.06. The Labute approximate surface area is 194 Å². The maximum absolute atomic E-state index is 2.24. The van der Waals surface area contributed by atoms with E-state index in [9.17, 15) is 0 Å². The summed E-state index contributed by atoms with van der Waals surface area (Å²) in [5, 5.41) is 5.25. The summed E-state index contributed by atoms with van der Waals surface area (Å²) >= 11 is 1.84. The molecule has 31 heavy (non-hydrogen) atoms. The summed E-state index contributed by atoms with van der Waals surface area (Å²) in [5.41, 5.74) is 0. The fourth-order valence-corrected chi connectivity index (χ4v) is 3.61. The van der Waals surface area contributed by atoms with Gasteiger partial charge in [-0.3, -0.25) is 0 Å². The second-order valence-corrected chi connectivity index (χ2v) is 8.49. The molecule has 0 saturated heterocycles. The van der Waals surface area contributed by atoms with Crippen molar-refractivity contribution < 1.29 is 0 Å². The van der Waals surface area contributed by atoms with Crippen LogP contribution in [0.15, 0.2) is 97.1 Å². The van der Waals surface area contributed by atoms with Gasteiger partial charge in [-0.25, -0.2) is 0 Å². The highest BCUT2D eigenvalue weighted by molar-refractivity contribution is 7.11. The van der Waals surface area contributed by atoms with E-state index in [1.807, 2.05) is 25.2 Å². The first-order chi connectivity index (χ1) is 15.1. The monoisotopic (exact) mass is 430 g/mol. The zero-order chi connectivity index (χ0) is 22.9. The molecule has 0 atom stereocenters. The van der Waals surface area contributed by atoms with Crippen molar-refractivity contribution in [2.24, 2.45) is 0 Å². The van der Waals surface area contributed by atoms with E-state index >= 15 is 0 Å². The number of hydrogen-bond donors (Lipinski definition) is 0. The number of thiophene rings is 1. The highest BCUT2D eigenvalue weighted by atomic mass is 32.1. The fraction of sp³-hybridized carbons (Fsp3) is 0.267. The molecule has 164 valence electrons. The molecule has 1 aliphatic carbocycles. The largest absolute Gasteiger partial charge is 0.146 e. The number of hydrogen-bond acceptors (Lipinski definition) is 1. The summed E-state index contributed by atoms with van der Waals surface area (Å²) in [6, 6.07) is 25.7. The van der Waals surface area contributed by atoms with E-state index in [1.54, 1.807) is 0 Å². The van der Waals surface area contributed by atoms with Gasteiger partial charge in [-0.05, 0) is 66.1 Å². The minimum absolute atomic E-state index is 1.14. The van der Waals surface area contributed by atoms with Crippen molar-refractivity contribution in [1.29, 1.82) is 0 Å². The molecular formula is C30H38S. The summed E-state index contributed by atoms with van der Waals surface area (Å²) in [6.07, 6.45) is 10.8. The van der Waals surface area contributed by atoms with Gasteiger partial charge in [-0.1, -0.05) is 107 Å². The molecule has 4 aromatic rings. The molecule has 0 spiro atoms. The molecular weight excluding hydrogens is 392 g/mol. The second kappa shape index (κ2) is 16.1. The molecule has 0 nitrogen and oxygen atoms in total. The minimum Gasteiger partial charge on any atom is -0.146 e. The SMILES string of the molecule is C1=CCC=C1.CC.CCC.Cc1ccc(C)s1.c1ccc2cc3ccccc3cc2c1. The van der Waals surface area contributed by atoms with Crippen molar-refractivity contribution in [3.8, 4) is 0 Å². The Morgan fingerprint density at radius 3 is 1.13 bits per heavy atom. The Bertz CT molecular complexity index is 919. The summed E-state index contributed by atoms with van der Waals surface area (Å²) in [5.74, 6) is 0. The Balaban J connectivity index is 0.000000237. The van der Waals surface area contributed by atoms with Gasteiger partial charge < -0.3 is 0 Å². The lowest BCUT2D eigenvalue weighted by Gasteiger charge is -2.00. The van der Waals surface area contributed by atoms with Crippen LogP contribution in [-0.4, -0.2) is 0 Å². The lowest BCUT2D eigenvalue weighted by molar-refractivity contribution is 1.09. The molecule has 0 N–H and O–H groups in total. The van der Waals surface area contributed by atoms with Crippen LogP contribution >= 0.6 is 11.3 Å². The lowest BCUT2D eigenvalue weighted by atomic mass is 10.0. The molecule has 0 amide bonds. The van der Waals surface area contributed by atoms with Crippen LogP contribution in [0.2, 0.25) is 0 Å². The number of rotatable bonds is 0. The molecule has 0 aliphatic heterocycles. The molecule has 0 bridgehead atoms. The van der Waals surface area contributed by atoms with E-state index < -0.39 is 0 Å². The van der Waals surface area contributed by atoms with Crippen molar-refractivity contribution >= 4 is 32.9 Å². The first-order valence-corrected chi connectivity index (χ1v) is 12.2. The minimum atomic E-state index is 1.14. The first-order valence-electron chi connectivity index (χ1n) is 11.4. The predicted octanol–water partition coefficient (Wildman–Crippen LogP) is 10.3. The summed E-state index contributed by atoms with van der Waals surface area (Å²) in [7, 11) is 0. The molecule has 1 aliphatic rings. The molecule has 1 aromatic heterocycles. The van der Waals surface area contributed by atoms with Gasteiger partial charge in [-0.2, -0.15) is 0 Å². The Morgan fingerprint density at radius 2 is 0.935 bits per heavy atom. The van der Waals surface area contributed by atoms with Crippen LogP contribution in [-0.2, 0) is 0 Å². The Kier molecular flexibility index (Phi) is 13.7. The number of aryl methyl sites for hydroxylation is 2. The van der Waals surface area contributed by atoms with Crippen molar-refractivity contribution in [3.63, 3.8) is 0 Å². The van der Waals surface area contributed by atoms with Crippen molar-refractivity contribution in [3.05, 3.63) is 107 Å². The molecule has 0 saturated carbocycles. The topological polar surface area (TPSA) is 0 Å². The van der Waals surface area contributed by atoms with E-state index in [1.165, 1.54) is 37.7 Å². The number of allylic oxidation sites excluding steroid dienone is 4. The van der Waals surface area contributed by atoms with Gasteiger partial charge in [-0.15, -0.1) is 11.3 Å². The zero-order valence-corrected chi connectivity index (χ0v) is 20.9. The van der Waals surface area contributed by atoms with Crippen LogP contribution in [0.1, 0.15) is 50.3 Å². The van der Waals surface area contributed by atoms with E-state index in [4.69, 9.17) is 0 Å². The molecule has 0 radical (unpaired) electrons. The van der Waals surface area contributed by atoms with Gasteiger partial charge in [0.25, 0.3) is 0 Å². The molecule has 1 heterocycles. The summed E-state index contributed by atoms with van der Waals surface area (Å²) in [4.78, 5) is 2.80. The third kappa shape index (κ3) is 10.3.